The number of rotatable bonds is 9. The van der Waals surface area contributed by atoms with Gasteiger partial charge in [0.2, 0.25) is 0 Å². The monoisotopic (exact) mass is 228 g/mol. The molecule has 1 aromatic rings. The maximum Gasteiger partial charge on any atom is 0.157 e. The zero-order valence-electron chi connectivity index (χ0n) is 10.0. The van der Waals surface area contributed by atoms with Gasteiger partial charge in [-0.2, -0.15) is 5.10 Å². The molecule has 1 heterocycles. The van der Waals surface area contributed by atoms with Crippen LogP contribution >= 0.6 is 0 Å². The first-order valence-electron chi connectivity index (χ1n) is 5.58. The summed E-state index contributed by atoms with van der Waals surface area (Å²) in [5.41, 5.74) is 0. The lowest BCUT2D eigenvalue weighted by atomic mass is 10.5. The van der Waals surface area contributed by atoms with Crippen molar-refractivity contribution in [3.8, 4) is 5.75 Å². The average molecular weight is 228 g/mol. The van der Waals surface area contributed by atoms with E-state index in [0.717, 1.165) is 25.3 Å². The van der Waals surface area contributed by atoms with Crippen molar-refractivity contribution < 1.29 is 14.2 Å². The smallest absolute Gasteiger partial charge is 0.157 e. The van der Waals surface area contributed by atoms with Crippen molar-refractivity contribution in [1.29, 1.82) is 0 Å². The first-order valence-corrected chi connectivity index (χ1v) is 5.58. The third-order valence-corrected chi connectivity index (χ3v) is 2.07. The van der Waals surface area contributed by atoms with Crippen molar-refractivity contribution in [3.05, 3.63) is 12.4 Å². The third-order valence-electron chi connectivity index (χ3n) is 2.07. The lowest BCUT2D eigenvalue weighted by molar-refractivity contribution is 0.0806. The van der Waals surface area contributed by atoms with E-state index in [2.05, 4.69) is 5.10 Å². The predicted molar refractivity (Wildman–Crippen MR) is 60.7 cm³/mol. The SMILES string of the molecule is CCn1cc(OCCOCCCOC)cn1. The summed E-state index contributed by atoms with van der Waals surface area (Å²) in [6.45, 7) is 5.51. The van der Waals surface area contributed by atoms with Gasteiger partial charge in [-0.15, -0.1) is 0 Å². The standard InChI is InChI=1S/C11H20N2O3/c1-3-13-10-11(9-12-13)16-8-7-15-6-4-5-14-2/h9-10H,3-8H2,1-2H3. The second kappa shape index (κ2) is 8.13. The Balaban J connectivity index is 1.98. The van der Waals surface area contributed by atoms with E-state index < -0.39 is 0 Å². The molecule has 1 rings (SSSR count). The van der Waals surface area contributed by atoms with Crippen LogP contribution in [0.4, 0.5) is 0 Å². The summed E-state index contributed by atoms with van der Waals surface area (Å²) in [6, 6.07) is 0. The largest absolute Gasteiger partial charge is 0.488 e. The number of aromatic nitrogens is 2. The number of methoxy groups -OCH3 is 1. The molecule has 0 saturated carbocycles. The van der Waals surface area contributed by atoms with Gasteiger partial charge in [-0.05, 0) is 13.3 Å². The molecule has 0 aromatic carbocycles. The van der Waals surface area contributed by atoms with Crippen molar-refractivity contribution in [3.63, 3.8) is 0 Å². The first-order chi connectivity index (χ1) is 7.86. The van der Waals surface area contributed by atoms with E-state index in [1.165, 1.54) is 0 Å². The Hall–Kier alpha value is -1.07. The lowest BCUT2D eigenvalue weighted by Crippen LogP contribution is -2.08. The van der Waals surface area contributed by atoms with Crippen LogP contribution in [0.1, 0.15) is 13.3 Å². The lowest BCUT2D eigenvalue weighted by Gasteiger charge is -2.04. The normalized spacial score (nSPS) is 10.6. The number of hydrogen-bond acceptors (Lipinski definition) is 4. The van der Waals surface area contributed by atoms with E-state index >= 15 is 0 Å². The molecular formula is C11H20N2O3. The summed E-state index contributed by atoms with van der Waals surface area (Å²) < 4.78 is 17.6. The van der Waals surface area contributed by atoms with Gasteiger partial charge in [0.05, 0.1) is 19.0 Å². The molecule has 16 heavy (non-hydrogen) atoms. The fourth-order valence-corrected chi connectivity index (χ4v) is 1.22. The molecular weight excluding hydrogens is 208 g/mol. The minimum absolute atomic E-state index is 0.558. The Kier molecular flexibility index (Phi) is 6.60. The third kappa shape index (κ3) is 5.14. The van der Waals surface area contributed by atoms with E-state index in [1.54, 1.807) is 13.3 Å². The van der Waals surface area contributed by atoms with Gasteiger partial charge < -0.3 is 14.2 Å². The highest BCUT2D eigenvalue weighted by atomic mass is 16.5. The fourth-order valence-electron chi connectivity index (χ4n) is 1.22. The van der Waals surface area contributed by atoms with Crippen molar-refractivity contribution in [1.82, 2.24) is 9.78 Å². The Morgan fingerprint density at radius 1 is 1.25 bits per heavy atom. The summed E-state index contributed by atoms with van der Waals surface area (Å²) in [4.78, 5) is 0. The van der Waals surface area contributed by atoms with E-state index in [-0.39, 0.29) is 0 Å². The molecule has 0 N–H and O–H groups in total. The molecule has 1 aromatic heterocycles. The van der Waals surface area contributed by atoms with Crippen molar-refractivity contribution in [2.24, 2.45) is 0 Å². The zero-order valence-corrected chi connectivity index (χ0v) is 10.0. The van der Waals surface area contributed by atoms with Crippen LogP contribution < -0.4 is 4.74 Å². The highest BCUT2D eigenvalue weighted by Crippen LogP contribution is 2.07. The van der Waals surface area contributed by atoms with Gasteiger partial charge in [0.25, 0.3) is 0 Å². The van der Waals surface area contributed by atoms with Crippen LogP contribution in [0, 0.1) is 0 Å². The molecule has 0 radical (unpaired) electrons. The Morgan fingerprint density at radius 3 is 2.81 bits per heavy atom. The van der Waals surface area contributed by atoms with Gasteiger partial charge in [0, 0.05) is 26.9 Å². The van der Waals surface area contributed by atoms with Gasteiger partial charge in [0.15, 0.2) is 5.75 Å². The molecule has 0 unspecified atom stereocenters. The quantitative estimate of drug-likeness (QED) is 0.598. The highest BCUT2D eigenvalue weighted by Gasteiger charge is 1.97. The molecule has 0 amide bonds. The minimum Gasteiger partial charge on any atom is -0.488 e. The number of ether oxygens (including phenoxy) is 3. The predicted octanol–water partition coefficient (Wildman–Crippen LogP) is 1.33. The van der Waals surface area contributed by atoms with Gasteiger partial charge in [-0.1, -0.05) is 0 Å². The van der Waals surface area contributed by atoms with Crippen LogP contribution in [0.3, 0.4) is 0 Å². The molecule has 0 atom stereocenters. The maximum absolute atomic E-state index is 5.46. The summed E-state index contributed by atoms with van der Waals surface area (Å²) in [5, 5.41) is 4.11. The Bertz CT molecular complexity index is 276. The van der Waals surface area contributed by atoms with Crippen LogP contribution in [-0.2, 0) is 16.0 Å². The molecule has 92 valence electrons. The Morgan fingerprint density at radius 2 is 2.12 bits per heavy atom. The van der Waals surface area contributed by atoms with Gasteiger partial charge in [-0.3, -0.25) is 4.68 Å². The molecule has 0 bridgehead atoms. The Labute approximate surface area is 96.3 Å². The fraction of sp³-hybridized carbons (Fsp3) is 0.727. The van der Waals surface area contributed by atoms with E-state index in [0.29, 0.717) is 19.8 Å². The van der Waals surface area contributed by atoms with Gasteiger partial charge in [0.1, 0.15) is 6.61 Å². The minimum atomic E-state index is 0.558. The molecule has 5 nitrogen and oxygen atoms in total. The second-order valence-electron chi connectivity index (χ2n) is 3.34. The molecule has 0 aliphatic rings. The number of nitrogens with zero attached hydrogens (tertiary/aromatic N) is 2. The van der Waals surface area contributed by atoms with Crippen LogP contribution in [-0.4, -0.2) is 43.3 Å². The average Bonchev–Trinajstić information content (AvgIpc) is 2.76. The summed E-state index contributed by atoms with van der Waals surface area (Å²) in [6.07, 6.45) is 4.52. The van der Waals surface area contributed by atoms with Crippen LogP contribution in [0.15, 0.2) is 12.4 Å². The molecule has 5 heteroatoms. The number of hydrogen-bond donors (Lipinski definition) is 0. The molecule has 0 saturated heterocycles. The second-order valence-corrected chi connectivity index (χ2v) is 3.34. The van der Waals surface area contributed by atoms with E-state index in [4.69, 9.17) is 14.2 Å². The molecule has 0 aliphatic heterocycles. The van der Waals surface area contributed by atoms with Crippen LogP contribution in [0.2, 0.25) is 0 Å². The topological polar surface area (TPSA) is 45.5 Å². The highest BCUT2D eigenvalue weighted by molar-refractivity contribution is 5.11. The molecule has 0 fully saturated rings. The van der Waals surface area contributed by atoms with E-state index in [1.807, 2.05) is 17.8 Å². The summed E-state index contributed by atoms with van der Waals surface area (Å²) in [5.74, 6) is 0.794. The van der Waals surface area contributed by atoms with Crippen molar-refractivity contribution in [2.75, 3.05) is 33.5 Å². The molecule has 0 spiro atoms. The molecule has 0 aliphatic carbocycles. The zero-order chi connectivity index (χ0) is 11.6. The van der Waals surface area contributed by atoms with Gasteiger partial charge in [-0.25, -0.2) is 0 Å². The first kappa shape index (κ1) is 13.0. The summed E-state index contributed by atoms with van der Waals surface area (Å²) >= 11 is 0. The number of aryl methyl sites for hydroxylation is 1. The van der Waals surface area contributed by atoms with E-state index in [9.17, 15) is 0 Å². The maximum atomic E-state index is 5.46. The summed E-state index contributed by atoms with van der Waals surface area (Å²) in [7, 11) is 1.69. The van der Waals surface area contributed by atoms with Crippen molar-refractivity contribution in [2.45, 2.75) is 19.9 Å². The van der Waals surface area contributed by atoms with Crippen molar-refractivity contribution >= 4 is 0 Å². The van der Waals surface area contributed by atoms with Crippen LogP contribution in [0.5, 0.6) is 5.75 Å². The van der Waals surface area contributed by atoms with Gasteiger partial charge >= 0.3 is 0 Å². The van der Waals surface area contributed by atoms with Crippen LogP contribution in [0.25, 0.3) is 0 Å².